The minimum atomic E-state index is -0.986. The highest BCUT2D eigenvalue weighted by molar-refractivity contribution is 5.83. The van der Waals surface area contributed by atoms with Crippen molar-refractivity contribution in [3.63, 3.8) is 0 Å². The number of likely N-dealkylation sites (tertiary alicyclic amines) is 1. The number of aromatic amines is 1. The molecule has 1 aliphatic heterocycles. The largest absolute Gasteiger partial charge is 0.366 e. The molecule has 0 spiro atoms. The second kappa shape index (κ2) is 7.04. The summed E-state index contributed by atoms with van der Waals surface area (Å²) in [5.74, 6) is 0.823. The minimum Gasteiger partial charge on any atom is -0.366 e. The van der Waals surface area contributed by atoms with Gasteiger partial charge in [0.25, 0.3) is 0 Å². The quantitative estimate of drug-likeness (QED) is 0.575. The van der Waals surface area contributed by atoms with E-state index in [-0.39, 0.29) is 0 Å². The first kappa shape index (κ1) is 17.4. The van der Waals surface area contributed by atoms with Gasteiger partial charge in [0.15, 0.2) is 0 Å². The third kappa shape index (κ3) is 3.08. The lowest BCUT2D eigenvalue weighted by Crippen LogP contribution is -2.25. The topological polar surface area (TPSA) is 46.1 Å². The number of H-pyrrole nitrogens is 1. The first-order chi connectivity index (χ1) is 13.7. The van der Waals surface area contributed by atoms with E-state index in [1.165, 1.54) is 10.9 Å². The van der Waals surface area contributed by atoms with Crippen molar-refractivity contribution in [2.75, 3.05) is 13.1 Å². The van der Waals surface area contributed by atoms with Crippen molar-refractivity contribution in [2.45, 2.75) is 25.4 Å². The van der Waals surface area contributed by atoms with Crippen molar-refractivity contribution in [1.82, 2.24) is 19.4 Å². The first-order valence-corrected chi connectivity index (χ1v) is 9.62. The van der Waals surface area contributed by atoms with E-state index >= 15 is 0 Å². The van der Waals surface area contributed by atoms with Crippen LogP contribution in [-0.4, -0.2) is 44.8 Å². The van der Waals surface area contributed by atoms with E-state index in [0.29, 0.717) is 19.7 Å². The van der Waals surface area contributed by atoms with Gasteiger partial charge in [0, 0.05) is 43.8 Å². The summed E-state index contributed by atoms with van der Waals surface area (Å²) in [7, 11) is 1.97. The van der Waals surface area contributed by atoms with Gasteiger partial charge in [-0.15, -0.1) is 0 Å². The lowest BCUT2D eigenvalue weighted by atomic mass is 10.2. The summed E-state index contributed by atoms with van der Waals surface area (Å²) in [6.07, 6.45) is 0.607. The predicted octanol–water partition coefficient (Wildman–Crippen LogP) is 3.79. The second-order valence-electron chi connectivity index (χ2n) is 7.49. The maximum Gasteiger partial charge on any atom is 0.140 e. The van der Waals surface area contributed by atoms with Crippen LogP contribution in [-0.2, 0) is 24.9 Å². The average molecular weight is 378 g/mol. The number of alkyl halides is 1. The molecule has 0 unspecified atom stereocenters. The summed E-state index contributed by atoms with van der Waals surface area (Å²) in [6, 6.07) is 16.2. The third-order valence-electron chi connectivity index (χ3n) is 5.65. The summed E-state index contributed by atoms with van der Waals surface area (Å²) in [4.78, 5) is 10.0. The van der Waals surface area contributed by atoms with Crippen LogP contribution in [0.5, 0.6) is 0 Å². The molecule has 28 heavy (non-hydrogen) atoms. The molecule has 5 nitrogen and oxygen atoms in total. The summed E-state index contributed by atoms with van der Waals surface area (Å²) < 4.78 is 22.5. The lowest BCUT2D eigenvalue weighted by molar-refractivity contribution is 0.00750. The van der Waals surface area contributed by atoms with Gasteiger partial charge in [0.2, 0.25) is 0 Å². The van der Waals surface area contributed by atoms with Crippen LogP contribution in [0.2, 0.25) is 0 Å². The fourth-order valence-electron chi connectivity index (χ4n) is 4.10. The number of halogens is 1. The number of hydrogen-bond acceptors (Lipinski definition) is 3. The molecule has 1 N–H and O–H groups in total. The van der Waals surface area contributed by atoms with Gasteiger partial charge in [0.05, 0.1) is 11.0 Å². The summed E-state index contributed by atoms with van der Waals surface area (Å²) in [6.45, 7) is 2.02. The highest BCUT2D eigenvalue weighted by Gasteiger charge is 2.34. The van der Waals surface area contributed by atoms with Crippen LogP contribution < -0.4 is 0 Å². The molecule has 1 aliphatic rings. The zero-order valence-corrected chi connectivity index (χ0v) is 15.8. The number of nitrogens with zero attached hydrogens (tertiary/aromatic N) is 3. The fourth-order valence-corrected chi connectivity index (χ4v) is 4.10. The maximum atomic E-state index is 14.6. The fraction of sp³-hybridized carbons (Fsp3) is 0.318. The Labute approximate surface area is 162 Å². The van der Waals surface area contributed by atoms with Crippen LogP contribution in [0.15, 0.2) is 54.7 Å². The monoisotopic (exact) mass is 378 g/mol. The molecule has 1 saturated heterocycles. The molecular weight excluding hydrogens is 355 g/mol. The van der Waals surface area contributed by atoms with E-state index in [1.54, 1.807) is 0 Å². The zero-order chi connectivity index (χ0) is 19.1. The number of ether oxygens (including phenoxy) is 1. The Hall–Kier alpha value is -2.70. The molecule has 4 aromatic rings. The molecule has 2 atom stereocenters. The van der Waals surface area contributed by atoms with Gasteiger partial charge in [-0.2, -0.15) is 0 Å². The molecule has 1 fully saturated rings. The molecule has 0 aliphatic carbocycles. The summed E-state index contributed by atoms with van der Waals surface area (Å²) in [5.41, 5.74) is 4.31. The van der Waals surface area contributed by atoms with E-state index in [0.717, 1.165) is 28.9 Å². The Morgan fingerprint density at radius 2 is 1.96 bits per heavy atom. The lowest BCUT2D eigenvalue weighted by Gasteiger charge is -2.15. The Kier molecular flexibility index (Phi) is 4.37. The Balaban J connectivity index is 1.25. The van der Waals surface area contributed by atoms with Crippen molar-refractivity contribution in [3.05, 3.63) is 66.1 Å². The zero-order valence-electron chi connectivity index (χ0n) is 15.8. The van der Waals surface area contributed by atoms with Gasteiger partial charge < -0.3 is 14.3 Å². The molecular formula is C22H23FN4O. The van der Waals surface area contributed by atoms with E-state index in [4.69, 9.17) is 4.74 Å². The predicted molar refractivity (Wildman–Crippen MR) is 108 cm³/mol. The van der Waals surface area contributed by atoms with E-state index in [2.05, 4.69) is 27.0 Å². The average Bonchev–Trinajstić information content (AvgIpc) is 3.37. The molecule has 5 rings (SSSR count). The van der Waals surface area contributed by atoms with E-state index in [1.807, 2.05) is 54.2 Å². The molecule has 6 heteroatoms. The number of nitrogens with one attached hydrogen (secondary N) is 1. The number of imidazole rings is 1. The van der Waals surface area contributed by atoms with Gasteiger partial charge in [-0.05, 0) is 23.8 Å². The van der Waals surface area contributed by atoms with Crippen LogP contribution in [0.25, 0.3) is 21.9 Å². The Bertz CT molecular complexity index is 1120. The van der Waals surface area contributed by atoms with Crippen LogP contribution >= 0.6 is 0 Å². The van der Waals surface area contributed by atoms with Crippen molar-refractivity contribution in [3.8, 4) is 0 Å². The van der Waals surface area contributed by atoms with Crippen LogP contribution in [0.3, 0.4) is 0 Å². The van der Waals surface area contributed by atoms with Crippen LogP contribution in [0, 0.1) is 0 Å². The number of benzene rings is 2. The number of rotatable bonds is 5. The third-order valence-corrected chi connectivity index (χ3v) is 5.65. The highest BCUT2D eigenvalue weighted by Crippen LogP contribution is 2.24. The van der Waals surface area contributed by atoms with Gasteiger partial charge in [-0.1, -0.05) is 30.3 Å². The standard InChI is InChI=1S/C22H23FN4O/c1-26-20-9-5-4-8-19(20)25-22(26)14-28-21-13-27(12-17(21)23)11-15-10-24-18-7-3-2-6-16(15)18/h2-10,17,21,24H,11-14H2,1H3/t17-,21+/m1/s1. The van der Waals surface area contributed by atoms with Crippen molar-refractivity contribution < 1.29 is 9.13 Å². The van der Waals surface area contributed by atoms with Crippen molar-refractivity contribution >= 4 is 21.9 Å². The SMILES string of the molecule is Cn1c(CO[C@H]2CN(Cc3c[nH]c4ccccc34)C[C@H]2F)nc2ccccc21. The molecule has 0 saturated carbocycles. The number of para-hydroxylation sites is 3. The van der Waals surface area contributed by atoms with E-state index < -0.39 is 12.3 Å². The summed E-state index contributed by atoms with van der Waals surface area (Å²) >= 11 is 0. The molecule has 0 amide bonds. The molecule has 2 aromatic carbocycles. The van der Waals surface area contributed by atoms with Gasteiger partial charge >= 0.3 is 0 Å². The van der Waals surface area contributed by atoms with Crippen LogP contribution in [0.4, 0.5) is 4.39 Å². The van der Waals surface area contributed by atoms with Gasteiger partial charge in [-0.3, -0.25) is 4.90 Å². The first-order valence-electron chi connectivity index (χ1n) is 9.62. The number of hydrogen-bond donors (Lipinski definition) is 1. The Morgan fingerprint density at radius 3 is 2.86 bits per heavy atom. The molecule has 3 heterocycles. The molecule has 0 bridgehead atoms. The van der Waals surface area contributed by atoms with Crippen LogP contribution in [0.1, 0.15) is 11.4 Å². The van der Waals surface area contributed by atoms with Gasteiger partial charge in [0.1, 0.15) is 24.7 Å². The van der Waals surface area contributed by atoms with Crippen molar-refractivity contribution in [1.29, 1.82) is 0 Å². The number of aromatic nitrogens is 3. The minimum absolute atomic E-state index is 0.317. The summed E-state index contributed by atoms with van der Waals surface area (Å²) in [5, 5.41) is 1.20. The molecule has 2 aromatic heterocycles. The smallest absolute Gasteiger partial charge is 0.140 e. The number of aryl methyl sites for hydroxylation is 1. The number of fused-ring (bicyclic) bond motifs is 2. The van der Waals surface area contributed by atoms with Gasteiger partial charge in [-0.25, -0.2) is 9.37 Å². The van der Waals surface area contributed by atoms with Crippen molar-refractivity contribution in [2.24, 2.45) is 7.05 Å². The normalized spacial score (nSPS) is 20.5. The molecule has 0 radical (unpaired) electrons. The highest BCUT2D eigenvalue weighted by atomic mass is 19.1. The van der Waals surface area contributed by atoms with E-state index in [9.17, 15) is 4.39 Å². The molecule has 144 valence electrons. The Morgan fingerprint density at radius 1 is 1.14 bits per heavy atom. The second-order valence-corrected chi connectivity index (χ2v) is 7.49. The maximum absolute atomic E-state index is 14.6.